The molecule has 7 heteroatoms. The highest BCUT2D eigenvalue weighted by atomic mass is 35.5. The van der Waals surface area contributed by atoms with Crippen LogP contribution in [0.2, 0.25) is 5.02 Å². The maximum atomic E-state index is 12.4. The van der Waals surface area contributed by atoms with Crippen molar-refractivity contribution in [1.29, 1.82) is 0 Å². The molecule has 0 bridgehead atoms. The first kappa shape index (κ1) is 19.6. The molecule has 144 valence electrons. The number of nitrogens with zero attached hydrogens (tertiary/aromatic N) is 3. The Kier molecular flexibility index (Phi) is 6.45. The maximum absolute atomic E-state index is 12.4. The SMILES string of the molecule is CCN(CC)c1ccc(Nc2cc(C(=O)Nc3ccc(Cl)cc3)ncn2)cc1. The monoisotopic (exact) mass is 395 g/mol. The van der Waals surface area contributed by atoms with Crippen LogP contribution in [-0.2, 0) is 0 Å². The molecule has 2 N–H and O–H groups in total. The lowest BCUT2D eigenvalue weighted by Gasteiger charge is -2.21. The minimum atomic E-state index is -0.315. The quantitative estimate of drug-likeness (QED) is 0.590. The molecule has 0 radical (unpaired) electrons. The van der Waals surface area contributed by atoms with Crippen molar-refractivity contribution in [3.8, 4) is 0 Å². The number of anilines is 4. The van der Waals surface area contributed by atoms with E-state index in [2.05, 4.69) is 51.5 Å². The smallest absolute Gasteiger partial charge is 0.274 e. The van der Waals surface area contributed by atoms with E-state index in [-0.39, 0.29) is 11.6 Å². The van der Waals surface area contributed by atoms with Crippen molar-refractivity contribution in [2.45, 2.75) is 13.8 Å². The summed E-state index contributed by atoms with van der Waals surface area (Å²) in [5.74, 6) is 0.233. The molecule has 1 aromatic heterocycles. The van der Waals surface area contributed by atoms with Crippen LogP contribution < -0.4 is 15.5 Å². The third-order valence-corrected chi connectivity index (χ3v) is 4.52. The van der Waals surface area contributed by atoms with Gasteiger partial charge in [0.25, 0.3) is 5.91 Å². The number of carbonyl (C=O) groups excluding carboxylic acids is 1. The molecule has 0 spiro atoms. The van der Waals surface area contributed by atoms with Gasteiger partial charge < -0.3 is 15.5 Å². The first-order valence-corrected chi connectivity index (χ1v) is 9.48. The number of rotatable bonds is 7. The van der Waals surface area contributed by atoms with Crippen LogP contribution in [0.1, 0.15) is 24.3 Å². The molecule has 0 aliphatic carbocycles. The zero-order chi connectivity index (χ0) is 19.9. The van der Waals surface area contributed by atoms with Crippen molar-refractivity contribution >= 4 is 40.4 Å². The normalized spacial score (nSPS) is 10.4. The summed E-state index contributed by atoms with van der Waals surface area (Å²) >= 11 is 5.86. The number of carbonyl (C=O) groups is 1. The molecule has 0 aliphatic rings. The van der Waals surface area contributed by atoms with Crippen LogP contribution in [0.25, 0.3) is 0 Å². The Bertz CT molecular complexity index is 924. The Labute approximate surface area is 169 Å². The fourth-order valence-electron chi connectivity index (χ4n) is 2.77. The van der Waals surface area contributed by atoms with E-state index in [1.807, 2.05) is 12.1 Å². The Hall–Kier alpha value is -3.12. The van der Waals surface area contributed by atoms with E-state index >= 15 is 0 Å². The van der Waals surface area contributed by atoms with Gasteiger partial charge in [0.1, 0.15) is 17.8 Å². The number of benzene rings is 2. The third-order valence-electron chi connectivity index (χ3n) is 4.27. The highest BCUT2D eigenvalue weighted by Gasteiger charge is 2.10. The Balaban J connectivity index is 1.69. The van der Waals surface area contributed by atoms with Crippen LogP contribution in [0, 0.1) is 0 Å². The fraction of sp³-hybridized carbons (Fsp3) is 0.190. The van der Waals surface area contributed by atoms with Gasteiger partial charge in [0.2, 0.25) is 0 Å². The summed E-state index contributed by atoms with van der Waals surface area (Å²) in [5, 5.41) is 6.60. The van der Waals surface area contributed by atoms with Gasteiger partial charge >= 0.3 is 0 Å². The van der Waals surface area contributed by atoms with E-state index in [4.69, 9.17) is 11.6 Å². The maximum Gasteiger partial charge on any atom is 0.274 e. The summed E-state index contributed by atoms with van der Waals surface area (Å²) in [4.78, 5) is 22.9. The number of amides is 1. The van der Waals surface area contributed by atoms with Crippen molar-refractivity contribution in [2.24, 2.45) is 0 Å². The molecule has 0 aliphatic heterocycles. The molecule has 0 unspecified atom stereocenters. The van der Waals surface area contributed by atoms with Gasteiger partial charge in [-0.3, -0.25) is 4.79 Å². The molecule has 28 heavy (non-hydrogen) atoms. The Morgan fingerprint density at radius 3 is 2.25 bits per heavy atom. The minimum absolute atomic E-state index is 0.271. The average molecular weight is 396 g/mol. The van der Waals surface area contributed by atoms with E-state index < -0.39 is 0 Å². The summed E-state index contributed by atoms with van der Waals surface area (Å²) in [7, 11) is 0. The van der Waals surface area contributed by atoms with Gasteiger partial charge in [-0.05, 0) is 62.4 Å². The summed E-state index contributed by atoms with van der Waals surface area (Å²) < 4.78 is 0. The highest BCUT2D eigenvalue weighted by Crippen LogP contribution is 2.21. The van der Waals surface area contributed by atoms with Crippen LogP contribution in [-0.4, -0.2) is 29.0 Å². The molecule has 0 saturated carbocycles. The summed E-state index contributed by atoms with van der Waals surface area (Å²) in [6, 6.07) is 16.6. The molecule has 0 atom stereocenters. The lowest BCUT2D eigenvalue weighted by Crippen LogP contribution is -2.21. The van der Waals surface area contributed by atoms with Crippen molar-refractivity contribution in [3.05, 3.63) is 71.6 Å². The lowest BCUT2D eigenvalue weighted by atomic mass is 10.2. The Morgan fingerprint density at radius 2 is 1.61 bits per heavy atom. The van der Waals surface area contributed by atoms with Crippen molar-refractivity contribution in [1.82, 2.24) is 9.97 Å². The average Bonchev–Trinajstić information content (AvgIpc) is 2.72. The van der Waals surface area contributed by atoms with Crippen molar-refractivity contribution in [2.75, 3.05) is 28.6 Å². The first-order valence-electron chi connectivity index (χ1n) is 9.10. The molecular formula is C21H22ClN5O. The molecule has 1 heterocycles. The largest absolute Gasteiger partial charge is 0.372 e. The Morgan fingerprint density at radius 1 is 0.964 bits per heavy atom. The predicted octanol–water partition coefficient (Wildman–Crippen LogP) is 4.97. The second-order valence-electron chi connectivity index (χ2n) is 6.09. The van der Waals surface area contributed by atoms with Crippen LogP contribution in [0.15, 0.2) is 60.9 Å². The van der Waals surface area contributed by atoms with Gasteiger partial charge in [-0.15, -0.1) is 0 Å². The van der Waals surface area contributed by atoms with Gasteiger partial charge in [0.15, 0.2) is 0 Å². The summed E-state index contributed by atoms with van der Waals surface area (Å²) in [6.07, 6.45) is 1.36. The molecule has 3 aromatic rings. The topological polar surface area (TPSA) is 70.2 Å². The number of halogens is 1. The van der Waals surface area contributed by atoms with E-state index in [1.54, 1.807) is 30.3 Å². The molecule has 0 fully saturated rings. The van der Waals surface area contributed by atoms with Gasteiger partial charge in [0.05, 0.1) is 0 Å². The lowest BCUT2D eigenvalue weighted by molar-refractivity contribution is 0.102. The van der Waals surface area contributed by atoms with Crippen LogP contribution in [0.5, 0.6) is 0 Å². The molecule has 3 rings (SSSR count). The zero-order valence-electron chi connectivity index (χ0n) is 15.8. The van der Waals surface area contributed by atoms with E-state index in [9.17, 15) is 4.79 Å². The second kappa shape index (κ2) is 9.19. The number of hydrogen-bond acceptors (Lipinski definition) is 5. The molecule has 0 saturated heterocycles. The van der Waals surface area contributed by atoms with E-state index in [0.717, 1.165) is 18.8 Å². The molecule has 2 aromatic carbocycles. The molecular weight excluding hydrogens is 374 g/mol. The third kappa shape index (κ3) is 4.98. The molecule has 6 nitrogen and oxygen atoms in total. The highest BCUT2D eigenvalue weighted by molar-refractivity contribution is 6.30. The van der Waals surface area contributed by atoms with Gasteiger partial charge in [-0.1, -0.05) is 11.6 Å². The number of nitrogens with one attached hydrogen (secondary N) is 2. The van der Waals surface area contributed by atoms with Crippen molar-refractivity contribution < 1.29 is 4.79 Å². The van der Waals surface area contributed by atoms with Gasteiger partial charge in [-0.25, -0.2) is 9.97 Å². The number of aromatic nitrogens is 2. The number of hydrogen-bond donors (Lipinski definition) is 2. The summed E-state index contributed by atoms with van der Waals surface area (Å²) in [5.41, 5.74) is 2.97. The van der Waals surface area contributed by atoms with E-state index in [1.165, 1.54) is 12.0 Å². The fourth-order valence-corrected chi connectivity index (χ4v) is 2.90. The van der Waals surface area contributed by atoms with Gasteiger partial charge in [0, 0.05) is 41.2 Å². The molecule has 1 amide bonds. The second-order valence-corrected chi connectivity index (χ2v) is 6.53. The van der Waals surface area contributed by atoms with Crippen LogP contribution in [0.3, 0.4) is 0 Å². The standard InChI is InChI=1S/C21H22ClN5O/c1-3-27(4-2)18-11-9-16(10-12-18)25-20-13-19(23-14-24-20)21(28)26-17-7-5-15(22)6-8-17/h5-14H,3-4H2,1-2H3,(H,26,28)(H,23,24,25). The van der Waals surface area contributed by atoms with Crippen LogP contribution >= 0.6 is 11.6 Å². The van der Waals surface area contributed by atoms with E-state index in [0.29, 0.717) is 16.5 Å². The van der Waals surface area contributed by atoms with Crippen LogP contribution in [0.4, 0.5) is 22.9 Å². The minimum Gasteiger partial charge on any atom is -0.372 e. The zero-order valence-corrected chi connectivity index (χ0v) is 16.6. The first-order chi connectivity index (χ1) is 13.6. The predicted molar refractivity (Wildman–Crippen MR) is 115 cm³/mol. The van der Waals surface area contributed by atoms with Gasteiger partial charge in [-0.2, -0.15) is 0 Å². The summed E-state index contributed by atoms with van der Waals surface area (Å²) in [6.45, 7) is 6.18. The van der Waals surface area contributed by atoms with Crippen molar-refractivity contribution in [3.63, 3.8) is 0 Å².